The average molecular weight is 307 g/mol. The lowest BCUT2D eigenvalue weighted by Crippen LogP contribution is -2.32. The van der Waals surface area contributed by atoms with Crippen molar-refractivity contribution in [1.29, 1.82) is 0 Å². The molecular formula is C15H19ClN4O. The van der Waals surface area contributed by atoms with Gasteiger partial charge in [-0.3, -0.25) is 4.79 Å². The number of rotatable bonds is 6. The van der Waals surface area contributed by atoms with Crippen LogP contribution in [0.4, 0.5) is 0 Å². The van der Waals surface area contributed by atoms with E-state index in [1.54, 1.807) is 27.9 Å². The Morgan fingerprint density at radius 2 is 2.00 bits per heavy atom. The fourth-order valence-corrected chi connectivity index (χ4v) is 2.12. The van der Waals surface area contributed by atoms with Crippen molar-refractivity contribution in [2.24, 2.45) is 0 Å². The largest absolute Gasteiger partial charge is 0.337 e. The highest BCUT2D eigenvalue weighted by Gasteiger charge is 2.17. The second-order valence-electron chi connectivity index (χ2n) is 4.76. The molecular weight excluding hydrogens is 288 g/mol. The number of aromatic nitrogens is 3. The predicted octanol–water partition coefficient (Wildman–Crippen LogP) is 3.18. The van der Waals surface area contributed by atoms with Crippen LogP contribution in [0, 0.1) is 0 Å². The van der Waals surface area contributed by atoms with E-state index < -0.39 is 0 Å². The van der Waals surface area contributed by atoms with Gasteiger partial charge < -0.3 is 4.90 Å². The summed E-state index contributed by atoms with van der Waals surface area (Å²) in [7, 11) is 0. The van der Waals surface area contributed by atoms with Crippen LogP contribution >= 0.6 is 11.6 Å². The summed E-state index contributed by atoms with van der Waals surface area (Å²) in [6.07, 6.45) is 3.70. The number of amides is 1. The Labute approximate surface area is 129 Å². The van der Waals surface area contributed by atoms with E-state index in [-0.39, 0.29) is 5.91 Å². The first-order valence-corrected chi connectivity index (χ1v) is 7.51. The van der Waals surface area contributed by atoms with Gasteiger partial charge in [-0.1, -0.05) is 30.2 Å². The summed E-state index contributed by atoms with van der Waals surface area (Å²) in [5, 5.41) is 8.65. The monoisotopic (exact) mass is 306 g/mol. The standard InChI is InChI=1S/C15H19ClN4O/c1-3-5-10-19(4-2)15(21)14-11-20(18-17-14)13-8-6-12(16)7-9-13/h6-9,11H,3-5,10H2,1-2H3. The van der Waals surface area contributed by atoms with Gasteiger partial charge in [-0.15, -0.1) is 5.10 Å². The number of unbranched alkanes of at least 4 members (excludes halogenated alkanes) is 1. The van der Waals surface area contributed by atoms with E-state index in [0.29, 0.717) is 17.3 Å². The summed E-state index contributed by atoms with van der Waals surface area (Å²) in [4.78, 5) is 14.2. The van der Waals surface area contributed by atoms with Crippen molar-refractivity contribution in [2.75, 3.05) is 13.1 Å². The van der Waals surface area contributed by atoms with Crippen LogP contribution in [0.1, 0.15) is 37.2 Å². The third-order valence-electron chi connectivity index (χ3n) is 3.25. The van der Waals surface area contributed by atoms with Crippen LogP contribution in [0.2, 0.25) is 5.02 Å². The van der Waals surface area contributed by atoms with Crippen molar-refractivity contribution < 1.29 is 4.79 Å². The molecule has 0 aliphatic carbocycles. The summed E-state index contributed by atoms with van der Waals surface area (Å²) in [6, 6.07) is 7.22. The normalized spacial score (nSPS) is 10.6. The van der Waals surface area contributed by atoms with Gasteiger partial charge in [-0.05, 0) is 37.6 Å². The lowest BCUT2D eigenvalue weighted by molar-refractivity contribution is 0.0756. The molecule has 21 heavy (non-hydrogen) atoms. The zero-order valence-corrected chi connectivity index (χ0v) is 13.0. The molecule has 2 aromatic rings. The average Bonchev–Trinajstić information content (AvgIpc) is 2.98. The minimum Gasteiger partial charge on any atom is -0.337 e. The molecule has 0 aliphatic rings. The van der Waals surface area contributed by atoms with Gasteiger partial charge in [0, 0.05) is 18.1 Å². The second-order valence-corrected chi connectivity index (χ2v) is 5.20. The second kappa shape index (κ2) is 7.22. The highest BCUT2D eigenvalue weighted by molar-refractivity contribution is 6.30. The molecule has 1 aromatic carbocycles. The van der Waals surface area contributed by atoms with Gasteiger partial charge in [-0.25, -0.2) is 4.68 Å². The van der Waals surface area contributed by atoms with Crippen LogP contribution in [0.25, 0.3) is 5.69 Å². The Bertz CT molecular complexity index is 594. The third kappa shape index (κ3) is 3.82. The Hall–Kier alpha value is -1.88. The minimum absolute atomic E-state index is 0.0776. The minimum atomic E-state index is -0.0776. The van der Waals surface area contributed by atoms with E-state index in [4.69, 9.17) is 11.6 Å². The topological polar surface area (TPSA) is 51.0 Å². The lowest BCUT2D eigenvalue weighted by atomic mass is 10.3. The quantitative estimate of drug-likeness (QED) is 0.823. The zero-order chi connectivity index (χ0) is 15.2. The highest BCUT2D eigenvalue weighted by Crippen LogP contribution is 2.13. The van der Waals surface area contributed by atoms with Gasteiger partial charge in [-0.2, -0.15) is 0 Å². The van der Waals surface area contributed by atoms with Crippen LogP contribution in [-0.2, 0) is 0 Å². The van der Waals surface area contributed by atoms with Crippen molar-refractivity contribution >= 4 is 17.5 Å². The van der Waals surface area contributed by atoms with Crippen molar-refractivity contribution in [3.8, 4) is 5.69 Å². The van der Waals surface area contributed by atoms with Gasteiger partial charge in [0.25, 0.3) is 5.91 Å². The van der Waals surface area contributed by atoms with Crippen molar-refractivity contribution in [3.05, 3.63) is 41.2 Å². The molecule has 0 radical (unpaired) electrons. The van der Waals surface area contributed by atoms with Gasteiger partial charge in [0.1, 0.15) is 0 Å². The summed E-state index contributed by atoms with van der Waals surface area (Å²) in [5.41, 5.74) is 1.19. The molecule has 6 heteroatoms. The first kappa shape index (κ1) is 15.5. The molecule has 1 heterocycles. The number of hydrogen-bond acceptors (Lipinski definition) is 3. The maximum Gasteiger partial charge on any atom is 0.276 e. The first-order chi connectivity index (χ1) is 10.2. The molecule has 0 saturated carbocycles. The molecule has 0 saturated heterocycles. The Morgan fingerprint density at radius 1 is 1.29 bits per heavy atom. The highest BCUT2D eigenvalue weighted by atomic mass is 35.5. The first-order valence-electron chi connectivity index (χ1n) is 7.13. The third-order valence-corrected chi connectivity index (χ3v) is 3.51. The molecule has 0 spiro atoms. The Morgan fingerprint density at radius 3 is 2.62 bits per heavy atom. The van der Waals surface area contributed by atoms with Crippen molar-refractivity contribution in [1.82, 2.24) is 19.9 Å². The number of carbonyl (C=O) groups excluding carboxylic acids is 1. The fraction of sp³-hybridized carbons (Fsp3) is 0.400. The zero-order valence-electron chi connectivity index (χ0n) is 12.3. The van der Waals surface area contributed by atoms with Crippen LogP contribution in [0.15, 0.2) is 30.5 Å². The van der Waals surface area contributed by atoms with Crippen LogP contribution < -0.4 is 0 Å². The van der Waals surface area contributed by atoms with E-state index >= 15 is 0 Å². The van der Waals surface area contributed by atoms with E-state index in [0.717, 1.165) is 25.1 Å². The molecule has 1 amide bonds. The molecule has 2 rings (SSSR count). The van der Waals surface area contributed by atoms with Gasteiger partial charge in [0.2, 0.25) is 0 Å². The Kier molecular flexibility index (Phi) is 5.33. The summed E-state index contributed by atoms with van der Waals surface area (Å²) in [6.45, 7) is 5.50. The molecule has 0 atom stereocenters. The number of halogens is 1. The van der Waals surface area contributed by atoms with Crippen LogP contribution in [0.3, 0.4) is 0 Å². The van der Waals surface area contributed by atoms with E-state index in [1.807, 2.05) is 19.1 Å². The molecule has 0 unspecified atom stereocenters. The lowest BCUT2D eigenvalue weighted by Gasteiger charge is -2.18. The van der Waals surface area contributed by atoms with Crippen LogP contribution in [0.5, 0.6) is 0 Å². The maximum atomic E-state index is 12.4. The van der Waals surface area contributed by atoms with Crippen molar-refractivity contribution in [3.63, 3.8) is 0 Å². The summed E-state index contributed by atoms with van der Waals surface area (Å²) >= 11 is 5.86. The van der Waals surface area contributed by atoms with Gasteiger partial charge >= 0.3 is 0 Å². The molecule has 0 fully saturated rings. The molecule has 0 bridgehead atoms. The number of nitrogens with zero attached hydrogens (tertiary/aromatic N) is 4. The molecule has 1 aromatic heterocycles. The fourth-order valence-electron chi connectivity index (χ4n) is 2.00. The number of benzene rings is 1. The van der Waals surface area contributed by atoms with Gasteiger partial charge in [0.05, 0.1) is 11.9 Å². The number of hydrogen-bond donors (Lipinski definition) is 0. The van der Waals surface area contributed by atoms with Gasteiger partial charge in [0.15, 0.2) is 5.69 Å². The van der Waals surface area contributed by atoms with E-state index in [9.17, 15) is 4.79 Å². The number of carbonyl (C=O) groups is 1. The van der Waals surface area contributed by atoms with Crippen LogP contribution in [-0.4, -0.2) is 38.9 Å². The predicted molar refractivity (Wildman–Crippen MR) is 82.9 cm³/mol. The van der Waals surface area contributed by atoms with E-state index in [1.165, 1.54) is 0 Å². The molecule has 0 aliphatic heterocycles. The van der Waals surface area contributed by atoms with E-state index in [2.05, 4.69) is 17.2 Å². The molecule has 112 valence electrons. The SMILES string of the molecule is CCCCN(CC)C(=O)c1cn(-c2ccc(Cl)cc2)nn1. The molecule has 5 nitrogen and oxygen atoms in total. The molecule has 0 N–H and O–H groups in total. The maximum absolute atomic E-state index is 12.4. The Balaban J connectivity index is 2.14. The smallest absolute Gasteiger partial charge is 0.276 e. The van der Waals surface area contributed by atoms with Crippen molar-refractivity contribution in [2.45, 2.75) is 26.7 Å². The summed E-state index contributed by atoms with van der Waals surface area (Å²) in [5.74, 6) is -0.0776. The summed E-state index contributed by atoms with van der Waals surface area (Å²) < 4.78 is 1.58.